The number of methoxy groups -OCH3 is 1. The van der Waals surface area contributed by atoms with Gasteiger partial charge in [-0.25, -0.2) is 14.4 Å². The first-order chi connectivity index (χ1) is 14.1. The van der Waals surface area contributed by atoms with Gasteiger partial charge in [0.15, 0.2) is 17.3 Å². The molecule has 2 fully saturated rings. The molecule has 2 unspecified atom stereocenters. The van der Waals surface area contributed by atoms with Crippen LogP contribution in [0.15, 0.2) is 18.3 Å². The number of piperidine rings is 1. The van der Waals surface area contributed by atoms with Crippen molar-refractivity contribution < 1.29 is 13.9 Å². The molecule has 2 N–H and O–H groups in total. The van der Waals surface area contributed by atoms with E-state index in [0.717, 1.165) is 24.8 Å². The normalized spacial score (nSPS) is 20.3. The Kier molecular flexibility index (Phi) is 5.71. The summed E-state index contributed by atoms with van der Waals surface area (Å²) in [6.07, 6.45) is 4.01. The summed E-state index contributed by atoms with van der Waals surface area (Å²) in [5.74, 6) is 3.82. The molecule has 0 radical (unpaired) electrons. The van der Waals surface area contributed by atoms with Crippen molar-refractivity contribution in [3.63, 3.8) is 0 Å². The number of pyridine rings is 2. The number of hydrogen-bond donors (Lipinski definition) is 2. The predicted molar refractivity (Wildman–Crippen MR) is 111 cm³/mol. The van der Waals surface area contributed by atoms with E-state index in [0.29, 0.717) is 41.1 Å². The zero-order chi connectivity index (χ0) is 20.4. The number of anilines is 3. The second-order valence-electron chi connectivity index (χ2n) is 7.77. The fraction of sp³-hybridized carbons (Fsp3) is 0.524. The monoisotopic (exact) mass is 401 g/mol. The smallest absolute Gasteiger partial charge is 0.179 e. The maximum Gasteiger partial charge on any atom is 0.179 e. The third-order valence-electron chi connectivity index (χ3n) is 5.63. The van der Waals surface area contributed by atoms with Crippen molar-refractivity contribution in [3.05, 3.63) is 29.8 Å². The number of hydrogen-bond acceptors (Lipinski definition) is 7. The van der Waals surface area contributed by atoms with Gasteiger partial charge in [-0.2, -0.15) is 0 Å². The van der Waals surface area contributed by atoms with Crippen molar-refractivity contribution in [3.8, 4) is 11.5 Å². The Labute approximate surface area is 170 Å². The molecule has 3 heterocycles. The minimum Gasteiger partial charge on any atom is -0.491 e. The summed E-state index contributed by atoms with van der Waals surface area (Å²) in [6.45, 7) is 5.80. The van der Waals surface area contributed by atoms with Gasteiger partial charge < -0.3 is 25.0 Å². The number of nitrogens with one attached hydrogen (secondary N) is 2. The van der Waals surface area contributed by atoms with Gasteiger partial charge in [-0.3, -0.25) is 0 Å². The lowest BCUT2D eigenvalue weighted by atomic mass is 10.3. The van der Waals surface area contributed by atoms with Gasteiger partial charge in [0.25, 0.3) is 0 Å². The first-order valence-corrected chi connectivity index (χ1v) is 10.1. The quantitative estimate of drug-likeness (QED) is 0.624. The van der Waals surface area contributed by atoms with Crippen LogP contribution in [-0.4, -0.2) is 55.3 Å². The molecule has 156 valence electrons. The van der Waals surface area contributed by atoms with Gasteiger partial charge in [0.1, 0.15) is 11.6 Å². The van der Waals surface area contributed by atoms with E-state index in [9.17, 15) is 4.39 Å². The summed E-state index contributed by atoms with van der Waals surface area (Å²) in [7, 11) is 3.27. The summed E-state index contributed by atoms with van der Waals surface area (Å²) in [5.41, 5.74) is 0.688. The molecule has 0 amide bonds. The number of rotatable bonds is 9. The molecule has 1 saturated heterocycles. The van der Waals surface area contributed by atoms with Crippen LogP contribution in [0.25, 0.3) is 0 Å². The minimum atomic E-state index is -0.361. The molecule has 4 rings (SSSR count). The lowest BCUT2D eigenvalue weighted by Crippen LogP contribution is -2.25. The molecule has 0 bridgehead atoms. The van der Waals surface area contributed by atoms with Gasteiger partial charge in [-0.05, 0) is 31.6 Å². The first-order valence-electron chi connectivity index (χ1n) is 10.1. The van der Waals surface area contributed by atoms with Crippen molar-refractivity contribution in [2.75, 3.05) is 51.0 Å². The van der Waals surface area contributed by atoms with Crippen LogP contribution in [-0.2, 0) is 0 Å². The van der Waals surface area contributed by atoms with Crippen molar-refractivity contribution in [2.45, 2.75) is 19.8 Å². The van der Waals surface area contributed by atoms with Crippen molar-refractivity contribution >= 4 is 17.3 Å². The number of aryl methyl sites for hydroxylation is 1. The van der Waals surface area contributed by atoms with Gasteiger partial charge in [0.2, 0.25) is 0 Å². The number of halogens is 1. The number of ether oxygens (including phenoxy) is 2. The Balaban J connectivity index is 1.37. The highest BCUT2D eigenvalue weighted by Gasteiger charge is 2.44. The Hall–Kier alpha value is -2.61. The molecule has 2 aromatic rings. The molecular formula is C21H28FN5O2. The van der Waals surface area contributed by atoms with E-state index in [-0.39, 0.29) is 5.82 Å². The Morgan fingerprint density at radius 2 is 2.00 bits per heavy atom. The van der Waals surface area contributed by atoms with E-state index < -0.39 is 0 Å². The van der Waals surface area contributed by atoms with Gasteiger partial charge in [-0.1, -0.05) is 0 Å². The standard InChI is InChI=1S/C21H28FN5O2/c1-13-21(22)16(23-2)8-20(25-13)26-19-9-17(18(28-3)10-24-19)29-6-4-5-27-11-14-7-15(14)12-27/h8-10,14-15H,4-7,11-12H2,1-3H3,(H2,23,24,25,26). The van der Waals surface area contributed by atoms with E-state index in [1.54, 1.807) is 39.4 Å². The Morgan fingerprint density at radius 1 is 1.21 bits per heavy atom. The zero-order valence-electron chi connectivity index (χ0n) is 17.2. The average Bonchev–Trinajstić information content (AvgIpc) is 3.33. The van der Waals surface area contributed by atoms with Gasteiger partial charge in [-0.15, -0.1) is 0 Å². The molecule has 2 aromatic heterocycles. The largest absolute Gasteiger partial charge is 0.491 e. The van der Waals surface area contributed by atoms with Crippen LogP contribution >= 0.6 is 0 Å². The van der Waals surface area contributed by atoms with E-state index in [1.807, 2.05) is 0 Å². The van der Waals surface area contributed by atoms with Gasteiger partial charge >= 0.3 is 0 Å². The Bertz CT molecular complexity index is 868. The molecule has 1 aliphatic heterocycles. The van der Waals surface area contributed by atoms with E-state index in [2.05, 4.69) is 25.5 Å². The molecular weight excluding hydrogens is 373 g/mol. The third kappa shape index (κ3) is 4.53. The van der Waals surface area contributed by atoms with Crippen LogP contribution in [0.5, 0.6) is 11.5 Å². The highest BCUT2D eigenvalue weighted by Crippen LogP contribution is 2.44. The molecule has 1 aliphatic carbocycles. The summed E-state index contributed by atoms with van der Waals surface area (Å²) >= 11 is 0. The maximum absolute atomic E-state index is 14.0. The van der Waals surface area contributed by atoms with Crippen molar-refractivity contribution in [1.29, 1.82) is 0 Å². The number of likely N-dealkylation sites (tertiary alicyclic amines) is 1. The number of aromatic nitrogens is 2. The van der Waals surface area contributed by atoms with Gasteiger partial charge in [0.05, 0.1) is 31.3 Å². The molecule has 29 heavy (non-hydrogen) atoms. The topological polar surface area (TPSA) is 71.5 Å². The van der Waals surface area contributed by atoms with Crippen molar-refractivity contribution in [1.82, 2.24) is 14.9 Å². The molecule has 7 nitrogen and oxygen atoms in total. The third-order valence-corrected chi connectivity index (χ3v) is 5.63. The van der Waals surface area contributed by atoms with Crippen LogP contribution in [0.3, 0.4) is 0 Å². The Morgan fingerprint density at radius 3 is 2.72 bits per heavy atom. The average molecular weight is 401 g/mol. The summed E-state index contributed by atoms with van der Waals surface area (Å²) in [6, 6.07) is 3.39. The minimum absolute atomic E-state index is 0.309. The van der Waals surface area contributed by atoms with E-state index in [1.165, 1.54) is 19.5 Å². The van der Waals surface area contributed by atoms with Crippen LogP contribution in [0.2, 0.25) is 0 Å². The molecule has 2 atom stereocenters. The molecule has 0 aromatic carbocycles. The molecule has 2 aliphatic rings. The summed E-state index contributed by atoms with van der Waals surface area (Å²) in [5, 5.41) is 5.94. The fourth-order valence-corrected chi connectivity index (χ4v) is 3.94. The number of fused-ring (bicyclic) bond motifs is 1. The molecule has 1 saturated carbocycles. The zero-order valence-corrected chi connectivity index (χ0v) is 17.2. The lowest BCUT2D eigenvalue weighted by molar-refractivity contribution is 0.243. The highest BCUT2D eigenvalue weighted by atomic mass is 19.1. The second kappa shape index (κ2) is 8.41. The second-order valence-corrected chi connectivity index (χ2v) is 7.77. The number of nitrogens with zero attached hydrogens (tertiary/aromatic N) is 3. The fourth-order valence-electron chi connectivity index (χ4n) is 3.94. The summed E-state index contributed by atoms with van der Waals surface area (Å²) < 4.78 is 25.3. The van der Waals surface area contributed by atoms with Crippen molar-refractivity contribution in [2.24, 2.45) is 11.8 Å². The molecule has 0 spiro atoms. The SMILES string of the molecule is CNc1cc(Nc2cc(OCCCN3CC4CC4C3)c(OC)cn2)nc(C)c1F. The lowest BCUT2D eigenvalue weighted by Gasteiger charge is -2.18. The van der Waals surface area contributed by atoms with Crippen LogP contribution in [0, 0.1) is 24.6 Å². The van der Waals surface area contributed by atoms with E-state index >= 15 is 0 Å². The predicted octanol–water partition coefficient (Wildman–Crippen LogP) is 3.44. The summed E-state index contributed by atoms with van der Waals surface area (Å²) in [4.78, 5) is 11.1. The highest BCUT2D eigenvalue weighted by molar-refractivity contribution is 5.61. The van der Waals surface area contributed by atoms with Crippen LogP contribution < -0.4 is 20.1 Å². The van der Waals surface area contributed by atoms with E-state index in [4.69, 9.17) is 9.47 Å². The van der Waals surface area contributed by atoms with Gasteiger partial charge in [0, 0.05) is 38.8 Å². The van der Waals surface area contributed by atoms with Crippen LogP contribution in [0.4, 0.5) is 21.7 Å². The van der Waals surface area contributed by atoms with Crippen LogP contribution in [0.1, 0.15) is 18.5 Å². The first kappa shape index (κ1) is 19.7. The maximum atomic E-state index is 14.0. The molecule has 8 heteroatoms.